The Morgan fingerprint density at radius 2 is 2.24 bits per heavy atom. The number of nitriles is 1. The summed E-state index contributed by atoms with van der Waals surface area (Å²) in [5.74, 6) is -0.160. The molecule has 0 saturated carbocycles. The van der Waals surface area contributed by atoms with Crippen molar-refractivity contribution >= 4 is 17.2 Å². The molecule has 3 rings (SSSR count). The van der Waals surface area contributed by atoms with Crippen LogP contribution < -0.4 is 5.32 Å². The molecule has 2 aromatic rings. The first-order chi connectivity index (χ1) is 10.3. The number of hydrogen-bond acceptors (Lipinski definition) is 5. The highest BCUT2D eigenvalue weighted by Crippen LogP contribution is 2.21. The number of likely N-dealkylation sites (tertiary alicyclic amines) is 1. The first-order valence-corrected chi connectivity index (χ1v) is 7.61. The predicted octanol–water partition coefficient (Wildman–Crippen LogP) is 2.10. The van der Waals surface area contributed by atoms with Gasteiger partial charge in [-0.15, -0.1) is 11.3 Å². The van der Waals surface area contributed by atoms with Gasteiger partial charge in [-0.1, -0.05) is 30.3 Å². The van der Waals surface area contributed by atoms with Crippen LogP contribution in [0.4, 0.5) is 0 Å². The fourth-order valence-corrected chi connectivity index (χ4v) is 3.06. The summed E-state index contributed by atoms with van der Waals surface area (Å²) in [7, 11) is 0. The molecule has 1 aliphatic rings. The third-order valence-electron chi connectivity index (χ3n) is 3.43. The van der Waals surface area contributed by atoms with Gasteiger partial charge in [-0.2, -0.15) is 5.26 Å². The Labute approximate surface area is 126 Å². The molecule has 0 aliphatic carbocycles. The van der Waals surface area contributed by atoms with Crippen molar-refractivity contribution in [2.45, 2.75) is 12.5 Å². The monoisotopic (exact) mass is 298 g/mol. The molecule has 106 valence electrons. The summed E-state index contributed by atoms with van der Waals surface area (Å²) in [5.41, 5.74) is 1.82. The van der Waals surface area contributed by atoms with Crippen molar-refractivity contribution in [2.24, 2.45) is 0 Å². The van der Waals surface area contributed by atoms with Crippen molar-refractivity contribution in [2.75, 3.05) is 13.1 Å². The summed E-state index contributed by atoms with van der Waals surface area (Å²) >= 11 is 1.34. The Balaban J connectivity index is 1.67. The Morgan fingerprint density at radius 1 is 1.43 bits per heavy atom. The molecule has 0 spiro atoms. The summed E-state index contributed by atoms with van der Waals surface area (Å²) in [5, 5.41) is 14.1. The van der Waals surface area contributed by atoms with E-state index in [2.05, 4.69) is 16.5 Å². The van der Waals surface area contributed by atoms with Gasteiger partial charge in [0.2, 0.25) is 0 Å². The number of carbonyl (C=O) groups is 1. The van der Waals surface area contributed by atoms with E-state index in [1.807, 2.05) is 35.7 Å². The van der Waals surface area contributed by atoms with E-state index in [1.165, 1.54) is 11.3 Å². The highest BCUT2D eigenvalue weighted by atomic mass is 32.1. The fraction of sp³-hybridized carbons (Fsp3) is 0.267. The highest BCUT2D eigenvalue weighted by molar-refractivity contribution is 7.12. The quantitative estimate of drug-likeness (QED) is 0.881. The average molecular weight is 298 g/mol. The van der Waals surface area contributed by atoms with Gasteiger partial charge >= 0.3 is 0 Å². The predicted molar refractivity (Wildman–Crippen MR) is 80.6 cm³/mol. The maximum Gasteiger partial charge on any atom is 0.280 e. The van der Waals surface area contributed by atoms with Crippen molar-refractivity contribution < 1.29 is 4.79 Å². The summed E-state index contributed by atoms with van der Waals surface area (Å²) in [4.78, 5) is 18.2. The van der Waals surface area contributed by atoms with E-state index in [9.17, 15) is 4.79 Å². The van der Waals surface area contributed by atoms with Crippen LogP contribution in [0.25, 0.3) is 11.3 Å². The molecule has 1 saturated heterocycles. The van der Waals surface area contributed by atoms with E-state index >= 15 is 0 Å². The van der Waals surface area contributed by atoms with Gasteiger partial charge in [0.05, 0.1) is 5.69 Å². The number of carbonyl (C=O) groups excluding carboxylic acids is 1. The zero-order valence-electron chi connectivity index (χ0n) is 11.3. The summed E-state index contributed by atoms with van der Waals surface area (Å²) in [6, 6.07) is 9.82. The van der Waals surface area contributed by atoms with Gasteiger partial charge in [-0.25, -0.2) is 4.98 Å². The summed E-state index contributed by atoms with van der Waals surface area (Å²) in [6.07, 6.45) is 2.90. The van der Waals surface area contributed by atoms with Crippen molar-refractivity contribution in [1.29, 1.82) is 5.26 Å². The van der Waals surface area contributed by atoms with Crippen molar-refractivity contribution in [1.82, 2.24) is 15.2 Å². The average Bonchev–Trinajstić information content (AvgIpc) is 3.17. The molecule has 0 unspecified atom stereocenters. The Kier molecular flexibility index (Phi) is 3.84. The van der Waals surface area contributed by atoms with E-state index in [0.29, 0.717) is 18.1 Å². The molecular weight excluding hydrogens is 284 g/mol. The van der Waals surface area contributed by atoms with E-state index in [-0.39, 0.29) is 11.9 Å². The lowest BCUT2D eigenvalue weighted by atomic mass is 10.2. The van der Waals surface area contributed by atoms with Crippen LogP contribution in [0.1, 0.15) is 16.2 Å². The fourth-order valence-electron chi connectivity index (χ4n) is 2.34. The zero-order valence-corrected chi connectivity index (χ0v) is 12.1. The molecule has 1 aliphatic heterocycles. The number of amides is 1. The van der Waals surface area contributed by atoms with Gasteiger partial charge in [0.1, 0.15) is 0 Å². The molecule has 1 fully saturated rings. The smallest absolute Gasteiger partial charge is 0.280 e. The SMILES string of the molecule is N#CN1CC[C@@H](NC(=O)c2nc(-c3ccccc3)cs2)C1. The Bertz CT molecular complexity index is 676. The maximum atomic E-state index is 12.2. The van der Waals surface area contributed by atoms with E-state index in [0.717, 1.165) is 17.7 Å². The Hall–Kier alpha value is -2.39. The molecule has 2 heterocycles. The first kappa shape index (κ1) is 13.6. The molecule has 5 nitrogen and oxygen atoms in total. The number of nitrogens with one attached hydrogen (secondary N) is 1. The van der Waals surface area contributed by atoms with Crippen LogP contribution in [0.2, 0.25) is 0 Å². The van der Waals surface area contributed by atoms with Crippen LogP contribution in [-0.4, -0.2) is 34.9 Å². The molecule has 0 bridgehead atoms. The van der Waals surface area contributed by atoms with E-state index in [1.54, 1.807) is 4.90 Å². The zero-order chi connectivity index (χ0) is 14.7. The van der Waals surface area contributed by atoms with Crippen LogP contribution in [0.3, 0.4) is 0 Å². The highest BCUT2D eigenvalue weighted by Gasteiger charge is 2.24. The molecule has 1 amide bonds. The summed E-state index contributed by atoms with van der Waals surface area (Å²) < 4.78 is 0. The maximum absolute atomic E-state index is 12.2. The summed E-state index contributed by atoms with van der Waals surface area (Å²) in [6.45, 7) is 1.29. The van der Waals surface area contributed by atoms with Crippen LogP contribution in [-0.2, 0) is 0 Å². The lowest BCUT2D eigenvalue weighted by Crippen LogP contribution is -2.36. The topological polar surface area (TPSA) is 69.0 Å². The molecule has 1 aromatic carbocycles. The minimum atomic E-state index is -0.160. The number of hydrogen-bond donors (Lipinski definition) is 1. The van der Waals surface area contributed by atoms with Crippen LogP contribution in [0, 0.1) is 11.5 Å². The van der Waals surface area contributed by atoms with Gasteiger partial charge in [0.15, 0.2) is 11.2 Å². The molecule has 1 aromatic heterocycles. The van der Waals surface area contributed by atoms with Gasteiger partial charge in [-0.3, -0.25) is 4.79 Å². The molecule has 1 N–H and O–H groups in total. The largest absolute Gasteiger partial charge is 0.345 e. The van der Waals surface area contributed by atoms with Gasteiger partial charge in [0, 0.05) is 30.1 Å². The number of benzene rings is 1. The minimum absolute atomic E-state index is 0.0289. The second-order valence-electron chi connectivity index (χ2n) is 4.91. The van der Waals surface area contributed by atoms with Crippen LogP contribution in [0.15, 0.2) is 35.7 Å². The molecular formula is C15H14N4OS. The van der Waals surface area contributed by atoms with Crippen LogP contribution >= 0.6 is 11.3 Å². The third-order valence-corrected chi connectivity index (χ3v) is 4.27. The normalized spacial score (nSPS) is 17.5. The Morgan fingerprint density at radius 3 is 2.95 bits per heavy atom. The number of nitrogens with zero attached hydrogens (tertiary/aromatic N) is 3. The standard InChI is InChI=1S/C15H14N4OS/c16-10-19-7-6-12(8-19)17-14(20)15-18-13(9-21-15)11-4-2-1-3-5-11/h1-5,9,12H,6-8H2,(H,17,20)/t12-/m1/s1. The molecule has 21 heavy (non-hydrogen) atoms. The molecule has 6 heteroatoms. The molecule has 1 atom stereocenters. The van der Waals surface area contributed by atoms with Crippen molar-refractivity contribution in [3.8, 4) is 17.5 Å². The lowest BCUT2D eigenvalue weighted by Gasteiger charge is -2.10. The van der Waals surface area contributed by atoms with Gasteiger partial charge in [0.25, 0.3) is 5.91 Å². The third kappa shape index (κ3) is 3.03. The van der Waals surface area contributed by atoms with Crippen LogP contribution in [0.5, 0.6) is 0 Å². The number of aromatic nitrogens is 1. The van der Waals surface area contributed by atoms with Crippen molar-refractivity contribution in [3.05, 3.63) is 40.7 Å². The van der Waals surface area contributed by atoms with Crippen molar-refractivity contribution in [3.63, 3.8) is 0 Å². The van der Waals surface area contributed by atoms with E-state index < -0.39 is 0 Å². The minimum Gasteiger partial charge on any atom is -0.345 e. The molecule has 0 radical (unpaired) electrons. The number of rotatable bonds is 3. The lowest BCUT2D eigenvalue weighted by molar-refractivity contribution is 0.0938. The number of thiazole rings is 1. The second kappa shape index (κ2) is 5.94. The first-order valence-electron chi connectivity index (χ1n) is 6.73. The van der Waals surface area contributed by atoms with Gasteiger partial charge in [-0.05, 0) is 6.42 Å². The van der Waals surface area contributed by atoms with Gasteiger partial charge < -0.3 is 10.2 Å². The second-order valence-corrected chi connectivity index (χ2v) is 5.77. The van der Waals surface area contributed by atoms with E-state index in [4.69, 9.17) is 5.26 Å².